The molecule has 0 spiro atoms. The summed E-state index contributed by atoms with van der Waals surface area (Å²) in [5, 5.41) is 0. The predicted molar refractivity (Wildman–Crippen MR) is 77.2 cm³/mol. The van der Waals surface area contributed by atoms with Gasteiger partial charge in [0.2, 0.25) is 0 Å². The van der Waals surface area contributed by atoms with Gasteiger partial charge in [-0.05, 0) is 57.0 Å². The van der Waals surface area contributed by atoms with Gasteiger partial charge in [-0.1, -0.05) is 13.8 Å². The van der Waals surface area contributed by atoms with Crippen LogP contribution in [-0.4, -0.2) is 44.0 Å². The molecule has 2 atom stereocenters. The molecule has 0 bridgehead atoms. The van der Waals surface area contributed by atoms with E-state index in [0.29, 0.717) is 6.61 Å². The zero-order valence-corrected chi connectivity index (χ0v) is 12.6. The van der Waals surface area contributed by atoms with Gasteiger partial charge in [0.15, 0.2) is 0 Å². The lowest BCUT2D eigenvalue weighted by molar-refractivity contribution is -0.125. The third-order valence-electron chi connectivity index (χ3n) is 4.95. The second-order valence-corrected chi connectivity index (χ2v) is 6.85. The zero-order chi connectivity index (χ0) is 13.7. The molecule has 19 heavy (non-hydrogen) atoms. The van der Waals surface area contributed by atoms with E-state index in [4.69, 9.17) is 4.74 Å². The molecule has 110 valence electrons. The number of carbonyl (C=O) groups is 1. The van der Waals surface area contributed by atoms with Crippen LogP contribution in [0, 0.1) is 17.3 Å². The number of carbonyl (C=O) groups excluding carboxylic acids is 1. The minimum absolute atomic E-state index is 0.226. The Morgan fingerprint density at radius 3 is 2.79 bits per heavy atom. The molecule has 0 radical (unpaired) electrons. The lowest BCUT2D eigenvalue weighted by Crippen LogP contribution is -2.44. The normalized spacial score (nSPS) is 34.2. The Hall–Kier alpha value is -0.410. The van der Waals surface area contributed by atoms with E-state index in [-0.39, 0.29) is 5.41 Å². The van der Waals surface area contributed by atoms with Gasteiger partial charge in [-0.2, -0.15) is 0 Å². The molecule has 2 aliphatic rings. The van der Waals surface area contributed by atoms with Crippen LogP contribution < -0.4 is 0 Å². The molecule has 3 nitrogen and oxygen atoms in total. The van der Waals surface area contributed by atoms with Gasteiger partial charge in [0.1, 0.15) is 6.29 Å². The van der Waals surface area contributed by atoms with Crippen LogP contribution in [0.1, 0.15) is 46.0 Å². The lowest BCUT2D eigenvalue weighted by Gasteiger charge is -2.36. The van der Waals surface area contributed by atoms with Crippen molar-refractivity contribution in [3.63, 3.8) is 0 Å². The predicted octanol–water partition coefficient (Wildman–Crippen LogP) is 2.74. The van der Waals surface area contributed by atoms with Crippen molar-refractivity contribution in [3.8, 4) is 0 Å². The monoisotopic (exact) mass is 267 g/mol. The van der Waals surface area contributed by atoms with Crippen LogP contribution >= 0.6 is 0 Å². The molecule has 0 saturated carbocycles. The first kappa shape index (κ1) is 15.0. The minimum atomic E-state index is -0.226. The Labute approximate surface area is 117 Å². The van der Waals surface area contributed by atoms with Crippen LogP contribution in [-0.2, 0) is 9.53 Å². The molecule has 0 aromatic carbocycles. The van der Waals surface area contributed by atoms with E-state index in [0.717, 1.165) is 57.2 Å². The van der Waals surface area contributed by atoms with E-state index in [9.17, 15) is 4.79 Å². The third kappa shape index (κ3) is 4.03. The fraction of sp³-hybridized carbons (Fsp3) is 0.938. The summed E-state index contributed by atoms with van der Waals surface area (Å²) in [4.78, 5) is 14.0. The van der Waals surface area contributed by atoms with E-state index in [1.165, 1.54) is 19.3 Å². The summed E-state index contributed by atoms with van der Waals surface area (Å²) in [6.45, 7) is 9.33. The maximum absolute atomic E-state index is 11.5. The molecular weight excluding hydrogens is 238 g/mol. The van der Waals surface area contributed by atoms with E-state index in [1.54, 1.807) is 0 Å². The Kier molecular flexibility index (Phi) is 5.40. The number of aldehydes is 1. The molecule has 0 aromatic rings. The largest absolute Gasteiger partial charge is 0.380 e. The number of likely N-dealkylation sites (tertiary alicyclic amines) is 1. The van der Waals surface area contributed by atoms with Crippen molar-refractivity contribution in [1.82, 2.24) is 4.90 Å². The minimum Gasteiger partial charge on any atom is -0.380 e. The van der Waals surface area contributed by atoms with Gasteiger partial charge in [-0.15, -0.1) is 0 Å². The highest BCUT2D eigenvalue weighted by molar-refractivity contribution is 5.60. The second kappa shape index (κ2) is 6.85. The van der Waals surface area contributed by atoms with Gasteiger partial charge in [0, 0.05) is 13.2 Å². The Balaban J connectivity index is 1.89. The summed E-state index contributed by atoms with van der Waals surface area (Å²) in [7, 11) is 0. The van der Waals surface area contributed by atoms with Crippen molar-refractivity contribution in [2.45, 2.75) is 46.0 Å². The summed E-state index contributed by atoms with van der Waals surface area (Å²) >= 11 is 0. The zero-order valence-electron chi connectivity index (χ0n) is 12.6. The van der Waals surface area contributed by atoms with Gasteiger partial charge in [-0.3, -0.25) is 0 Å². The quantitative estimate of drug-likeness (QED) is 0.734. The van der Waals surface area contributed by atoms with Crippen molar-refractivity contribution in [2.24, 2.45) is 17.3 Å². The van der Waals surface area contributed by atoms with Crippen LogP contribution in [0.4, 0.5) is 0 Å². The van der Waals surface area contributed by atoms with Crippen LogP contribution in [0.25, 0.3) is 0 Å². The number of nitrogens with zero attached hydrogens (tertiary/aromatic N) is 1. The Morgan fingerprint density at radius 1 is 1.32 bits per heavy atom. The number of ether oxygens (including phenoxy) is 1. The molecule has 2 aliphatic heterocycles. The highest BCUT2D eigenvalue weighted by Crippen LogP contribution is 2.30. The topological polar surface area (TPSA) is 29.5 Å². The molecule has 2 fully saturated rings. The summed E-state index contributed by atoms with van der Waals surface area (Å²) in [5.74, 6) is 1.65. The Bertz CT molecular complexity index is 284. The maximum Gasteiger partial charge on any atom is 0.129 e. The highest BCUT2D eigenvalue weighted by Gasteiger charge is 2.35. The van der Waals surface area contributed by atoms with E-state index >= 15 is 0 Å². The third-order valence-corrected chi connectivity index (χ3v) is 4.95. The summed E-state index contributed by atoms with van der Waals surface area (Å²) in [5.41, 5.74) is -0.226. The molecule has 2 heterocycles. The summed E-state index contributed by atoms with van der Waals surface area (Å²) < 4.78 is 5.55. The Morgan fingerprint density at radius 2 is 2.16 bits per heavy atom. The summed E-state index contributed by atoms with van der Waals surface area (Å²) in [6.07, 6.45) is 7.10. The first-order chi connectivity index (χ1) is 9.15. The van der Waals surface area contributed by atoms with Crippen molar-refractivity contribution >= 4 is 6.29 Å². The highest BCUT2D eigenvalue weighted by atomic mass is 16.5. The first-order valence-electron chi connectivity index (χ1n) is 7.92. The SMILES string of the molecule is CC(C)C1CCCN(CC2(C=O)CCCOC2)CC1. The summed E-state index contributed by atoms with van der Waals surface area (Å²) in [6, 6.07) is 0. The maximum atomic E-state index is 11.5. The van der Waals surface area contributed by atoms with Crippen LogP contribution in [0.2, 0.25) is 0 Å². The molecule has 3 heteroatoms. The van der Waals surface area contributed by atoms with Gasteiger partial charge in [0.25, 0.3) is 0 Å². The second-order valence-electron chi connectivity index (χ2n) is 6.85. The molecule has 2 unspecified atom stereocenters. The van der Waals surface area contributed by atoms with E-state index in [1.807, 2.05) is 0 Å². The van der Waals surface area contributed by atoms with Crippen molar-refractivity contribution in [1.29, 1.82) is 0 Å². The smallest absolute Gasteiger partial charge is 0.129 e. The fourth-order valence-corrected chi connectivity index (χ4v) is 3.58. The number of rotatable bonds is 4. The van der Waals surface area contributed by atoms with Crippen LogP contribution in [0.5, 0.6) is 0 Å². The van der Waals surface area contributed by atoms with Crippen LogP contribution in [0.15, 0.2) is 0 Å². The average Bonchev–Trinajstić information content (AvgIpc) is 2.65. The number of hydrogen-bond donors (Lipinski definition) is 0. The van der Waals surface area contributed by atoms with Crippen molar-refractivity contribution in [2.75, 3.05) is 32.8 Å². The molecule has 2 saturated heterocycles. The molecule has 2 rings (SSSR count). The molecule has 0 amide bonds. The molecule has 0 aliphatic carbocycles. The van der Waals surface area contributed by atoms with Gasteiger partial charge in [0.05, 0.1) is 12.0 Å². The van der Waals surface area contributed by atoms with Crippen LogP contribution in [0.3, 0.4) is 0 Å². The van der Waals surface area contributed by atoms with E-state index in [2.05, 4.69) is 18.7 Å². The molecule has 0 N–H and O–H groups in total. The fourth-order valence-electron chi connectivity index (χ4n) is 3.58. The standard InChI is InChI=1S/C16H29NO2/c1-14(2)15-5-3-8-17(9-6-15)11-16(12-18)7-4-10-19-13-16/h12,14-15H,3-11,13H2,1-2H3. The van der Waals surface area contributed by atoms with Gasteiger partial charge in [-0.25, -0.2) is 0 Å². The first-order valence-corrected chi connectivity index (χ1v) is 7.92. The van der Waals surface area contributed by atoms with Gasteiger partial charge < -0.3 is 14.4 Å². The van der Waals surface area contributed by atoms with E-state index < -0.39 is 0 Å². The van der Waals surface area contributed by atoms with Crippen molar-refractivity contribution < 1.29 is 9.53 Å². The molecular formula is C16H29NO2. The van der Waals surface area contributed by atoms with Gasteiger partial charge >= 0.3 is 0 Å². The van der Waals surface area contributed by atoms with Crippen molar-refractivity contribution in [3.05, 3.63) is 0 Å². The average molecular weight is 267 g/mol. The lowest BCUT2D eigenvalue weighted by atomic mass is 9.83. The number of hydrogen-bond acceptors (Lipinski definition) is 3. The molecule has 0 aromatic heterocycles.